The average Bonchev–Trinajstić information content (AvgIpc) is 2.83. The van der Waals surface area contributed by atoms with Crippen LogP contribution in [0.15, 0.2) is 42.5 Å². The first-order valence-corrected chi connectivity index (χ1v) is 12.0. The molecule has 0 bridgehead atoms. The smallest absolute Gasteiger partial charge is 0.335 e. The lowest BCUT2D eigenvalue weighted by atomic mass is 10.1. The second-order valence-corrected chi connectivity index (χ2v) is 8.23. The van der Waals surface area contributed by atoms with E-state index in [9.17, 15) is 9.59 Å². The molecule has 0 aromatic heterocycles. The Morgan fingerprint density at radius 1 is 0.788 bits per heavy atom. The molecule has 2 rings (SSSR count). The van der Waals surface area contributed by atoms with Crippen LogP contribution in [0.2, 0.25) is 0 Å². The van der Waals surface area contributed by atoms with Gasteiger partial charge in [0.25, 0.3) is 5.91 Å². The molecule has 0 saturated heterocycles. The summed E-state index contributed by atoms with van der Waals surface area (Å²) in [4.78, 5) is 23.4. The van der Waals surface area contributed by atoms with Gasteiger partial charge in [-0.05, 0) is 42.8 Å². The highest BCUT2D eigenvalue weighted by molar-refractivity contribution is 6.04. The first-order chi connectivity index (χ1) is 16.0. The standard InChI is InChI=1S/C27H37NO5/c1-3-4-5-6-7-8-9-10-11-12-19-33-24-18-17-23(20-25(24)32-2)28-26(29)21-13-15-22(16-14-21)27(30)31/h13-18,20H,3-12,19H2,1-2H3,(H,28,29)(H,30,31). The van der Waals surface area contributed by atoms with E-state index in [1.54, 1.807) is 25.3 Å². The molecule has 0 aliphatic carbocycles. The normalized spacial score (nSPS) is 10.6. The molecular formula is C27H37NO5. The number of aromatic carboxylic acids is 1. The SMILES string of the molecule is CCCCCCCCCCCCOc1ccc(NC(=O)c2ccc(C(=O)O)cc2)cc1OC. The van der Waals surface area contributed by atoms with Crippen molar-refractivity contribution >= 4 is 17.6 Å². The number of unbranched alkanes of at least 4 members (excludes halogenated alkanes) is 9. The van der Waals surface area contributed by atoms with Crippen LogP contribution in [0.3, 0.4) is 0 Å². The van der Waals surface area contributed by atoms with Gasteiger partial charge in [-0.15, -0.1) is 0 Å². The van der Waals surface area contributed by atoms with E-state index in [4.69, 9.17) is 14.6 Å². The summed E-state index contributed by atoms with van der Waals surface area (Å²) in [6.07, 6.45) is 12.8. The summed E-state index contributed by atoms with van der Waals surface area (Å²) < 4.78 is 11.3. The molecule has 6 heteroatoms. The van der Waals surface area contributed by atoms with Gasteiger partial charge in [0.1, 0.15) is 0 Å². The Balaban J connectivity index is 1.73. The van der Waals surface area contributed by atoms with Gasteiger partial charge < -0.3 is 19.9 Å². The Morgan fingerprint density at radius 2 is 1.36 bits per heavy atom. The lowest BCUT2D eigenvalue weighted by Gasteiger charge is -2.13. The van der Waals surface area contributed by atoms with Crippen molar-refractivity contribution in [3.05, 3.63) is 53.6 Å². The molecule has 33 heavy (non-hydrogen) atoms. The molecule has 0 saturated carbocycles. The van der Waals surface area contributed by atoms with Crippen molar-refractivity contribution in [1.82, 2.24) is 0 Å². The first-order valence-electron chi connectivity index (χ1n) is 12.0. The molecule has 6 nitrogen and oxygen atoms in total. The van der Waals surface area contributed by atoms with E-state index in [1.165, 1.54) is 75.6 Å². The molecule has 2 aromatic carbocycles. The van der Waals surface area contributed by atoms with Crippen molar-refractivity contribution in [3.63, 3.8) is 0 Å². The van der Waals surface area contributed by atoms with Gasteiger partial charge in [-0.25, -0.2) is 4.79 Å². The predicted octanol–water partition coefficient (Wildman–Crippen LogP) is 6.95. The minimum atomic E-state index is -1.03. The fourth-order valence-corrected chi connectivity index (χ4v) is 3.60. The van der Waals surface area contributed by atoms with E-state index in [0.717, 1.165) is 12.8 Å². The number of rotatable bonds is 16. The van der Waals surface area contributed by atoms with Gasteiger partial charge in [0, 0.05) is 17.3 Å². The number of hydrogen-bond acceptors (Lipinski definition) is 4. The zero-order chi connectivity index (χ0) is 23.9. The number of nitrogens with one attached hydrogen (secondary N) is 1. The zero-order valence-corrected chi connectivity index (χ0v) is 19.9. The summed E-state index contributed by atoms with van der Waals surface area (Å²) in [5, 5.41) is 11.8. The molecule has 180 valence electrons. The number of ether oxygens (including phenoxy) is 2. The van der Waals surface area contributed by atoms with Crippen LogP contribution in [-0.2, 0) is 0 Å². The van der Waals surface area contributed by atoms with Crippen LogP contribution < -0.4 is 14.8 Å². The van der Waals surface area contributed by atoms with E-state index in [0.29, 0.717) is 29.4 Å². The molecular weight excluding hydrogens is 418 g/mol. The molecule has 0 aliphatic heterocycles. The molecule has 0 atom stereocenters. The van der Waals surface area contributed by atoms with Crippen LogP contribution in [0.5, 0.6) is 11.5 Å². The van der Waals surface area contributed by atoms with Crippen LogP contribution in [0.25, 0.3) is 0 Å². The predicted molar refractivity (Wildman–Crippen MR) is 132 cm³/mol. The minimum Gasteiger partial charge on any atom is -0.493 e. The van der Waals surface area contributed by atoms with E-state index in [1.807, 2.05) is 0 Å². The molecule has 2 aromatic rings. The van der Waals surface area contributed by atoms with Crippen molar-refractivity contribution in [2.24, 2.45) is 0 Å². The van der Waals surface area contributed by atoms with Gasteiger partial charge in [-0.2, -0.15) is 0 Å². The van der Waals surface area contributed by atoms with E-state index < -0.39 is 5.97 Å². The maximum absolute atomic E-state index is 12.4. The number of amides is 1. The van der Waals surface area contributed by atoms with Crippen LogP contribution in [0.1, 0.15) is 91.8 Å². The molecule has 1 amide bonds. The van der Waals surface area contributed by atoms with Crippen molar-refractivity contribution in [2.75, 3.05) is 19.0 Å². The first kappa shape index (κ1) is 26.2. The number of hydrogen-bond donors (Lipinski definition) is 2. The highest BCUT2D eigenvalue weighted by Crippen LogP contribution is 2.30. The monoisotopic (exact) mass is 455 g/mol. The van der Waals surface area contributed by atoms with Crippen molar-refractivity contribution in [1.29, 1.82) is 0 Å². The highest BCUT2D eigenvalue weighted by atomic mass is 16.5. The second kappa shape index (κ2) is 14.9. The molecule has 0 fully saturated rings. The van der Waals surface area contributed by atoms with Crippen LogP contribution >= 0.6 is 0 Å². The molecule has 0 spiro atoms. The maximum Gasteiger partial charge on any atom is 0.335 e. The van der Waals surface area contributed by atoms with Gasteiger partial charge in [0.05, 0.1) is 19.3 Å². The summed E-state index contributed by atoms with van der Waals surface area (Å²) in [6.45, 7) is 2.88. The molecule has 2 N–H and O–H groups in total. The fourth-order valence-electron chi connectivity index (χ4n) is 3.60. The summed E-state index contributed by atoms with van der Waals surface area (Å²) in [5.41, 5.74) is 1.09. The quantitative estimate of drug-likeness (QED) is 0.268. The van der Waals surface area contributed by atoms with E-state index in [2.05, 4.69) is 12.2 Å². The fraction of sp³-hybridized carbons (Fsp3) is 0.481. The maximum atomic E-state index is 12.4. The summed E-state index contributed by atoms with van der Waals surface area (Å²) in [6, 6.07) is 11.1. The number of carbonyl (C=O) groups is 2. The number of benzene rings is 2. The number of methoxy groups -OCH3 is 1. The lowest BCUT2D eigenvalue weighted by molar-refractivity contribution is 0.0696. The van der Waals surface area contributed by atoms with Crippen LogP contribution in [-0.4, -0.2) is 30.7 Å². The molecule has 0 heterocycles. The van der Waals surface area contributed by atoms with Gasteiger partial charge in [-0.1, -0.05) is 64.7 Å². The van der Waals surface area contributed by atoms with Crippen LogP contribution in [0, 0.1) is 0 Å². The minimum absolute atomic E-state index is 0.136. The second-order valence-electron chi connectivity index (χ2n) is 8.23. The van der Waals surface area contributed by atoms with Gasteiger partial charge in [0.2, 0.25) is 0 Å². The highest BCUT2D eigenvalue weighted by Gasteiger charge is 2.11. The van der Waals surface area contributed by atoms with Crippen molar-refractivity contribution < 1.29 is 24.2 Å². The van der Waals surface area contributed by atoms with Crippen molar-refractivity contribution in [2.45, 2.75) is 71.1 Å². The Kier molecular flexibility index (Phi) is 11.9. The molecule has 0 radical (unpaired) electrons. The third kappa shape index (κ3) is 9.56. The third-order valence-electron chi connectivity index (χ3n) is 5.57. The van der Waals surface area contributed by atoms with Gasteiger partial charge in [-0.3, -0.25) is 4.79 Å². The van der Waals surface area contributed by atoms with E-state index >= 15 is 0 Å². The van der Waals surface area contributed by atoms with Crippen LogP contribution in [0.4, 0.5) is 5.69 Å². The number of anilines is 1. The van der Waals surface area contributed by atoms with Gasteiger partial charge >= 0.3 is 5.97 Å². The zero-order valence-electron chi connectivity index (χ0n) is 19.9. The average molecular weight is 456 g/mol. The Morgan fingerprint density at radius 3 is 1.94 bits per heavy atom. The Hall–Kier alpha value is -3.02. The van der Waals surface area contributed by atoms with Gasteiger partial charge in [0.15, 0.2) is 11.5 Å². The number of carbonyl (C=O) groups excluding carboxylic acids is 1. The summed E-state index contributed by atoms with van der Waals surface area (Å²) in [7, 11) is 1.57. The Bertz CT molecular complexity index is 863. The summed E-state index contributed by atoms with van der Waals surface area (Å²) in [5.74, 6) is -0.147. The summed E-state index contributed by atoms with van der Waals surface area (Å²) >= 11 is 0. The molecule has 0 aliphatic rings. The largest absolute Gasteiger partial charge is 0.493 e. The van der Waals surface area contributed by atoms with Crippen molar-refractivity contribution in [3.8, 4) is 11.5 Å². The number of carboxylic acids is 1. The topological polar surface area (TPSA) is 84.9 Å². The third-order valence-corrected chi connectivity index (χ3v) is 5.57. The Labute approximate surface area is 197 Å². The molecule has 0 unspecified atom stereocenters. The number of carboxylic acid groups (broad SMARTS) is 1. The van der Waals surface area contributed by atoms with E-state index in [-0.39, 0.29) is 11.5 Å². The lowest BCUT2D eigenvalue weighted by Crippen LogP contribution is -2.12.